The van der Waals surface area contributed by atoms with Crippen LogP contribution in [0.5, 0.6) is 0 Å². The molecule has 0 saturated heterocycles. The first-order chi connectivity index (χ1) is 15.5. The van der Waals surface area contributed by atoms with Crippen molar-refractivity contribution in [2.45, 2.75) is 25.7 Å². The molecule has 170 valence electrons. The third-order valence-corrected chi connectivity index (χ3v) is 6.14. The molecule has 3 rings (SSSR count). The minimum Gasteiger partial charge on any atom is -0.454 e. The van der Waals surface area contributed by atoms with Crippen molar-refractivity contribution in [2.24, 2.45) is 11.6 Å². The standard InChI is InChI=1S/C22H26BrN5O3S/c23-9-5-1-2-6-10-28(25)12-15(24)13-31-22(30)19-14-32-21(27-19)20(29)17-11-26-18-8-4-3-7-16(17)18/h3-4,7-8,11-12,14,26H,1-2,5-6,9-10,13,24-25H2/b15-12-. The van der Waals surface area contributed by atoms with Gasteiger partial charge in [-0.2, -0.15) is 0 Å². The summed E-state index contributed by atoms with van der Waals surface area (Å²) in [5.41, 5.74) is 7.68. The molecular weight excluding hydrogens is 494 g/mol. The molecule has 0 aliphatic heterocycles. The second-order valence-electron chi connectivity index (χ2n) is 7.24. The Bertz CT molecular complexity index is 1090. The molecule has 3 aromatic rings. The van der Waals surface area contributed by atoms with Crippen molar-refractivity contribution in [3.63, 3.8) is 0 Å². The smallest absolute Gasteiger partial charge is 0.358 e. The molecule has 0 bridgehead atoms. The van der Waals surface area contributed by atoms with E-state index in [4.69, 9.17) is 16.3 Å². The first-order valence-electron chi connectivity index (χ1n) is 10.3. The monoisotopic (exact) mass is 519 g/mol. The minimum atomic E-state index is -0.645. The number of ketones is 1. The fourth-order valence-electron chi connectivity index (χ4n) is 3.13. The molecule has 10 heteroatoms. The Kier molecular flexibility index (Phi) is 8.83. The number of fused-ring (bicyclic) bond motifs is 1. The van der Waals surface area contributed by atoms with Crippen LogP contribution in [-0.4, -0.2) is 45.2 Å². The molecule has 0 aliphatic rings. The number of benzene rings is 1. The first-order valence-corrected chi connectivity index (χ1v) is 12.3. The van der Waals surface area contributed by atoms with Crippen molar-refractivity contribution in [2.75, 3.05) is 18.5 Å². The van der Waals surface area contributed by atoms with Crippen molar-refractivity contribution in [1.82, 2.24) is 15.0 Å². The normalized spacial score (nSPS) is 11.6. The number of carbonyl (C=O) groups is 2. The lowest BCUT2D eigenvalue weighted by Crippen LogP contribution is -2.28. The maximum Gasteiger partial charge on any atom is 0.358 e. The van der Waals surface area contributed by atoms with Gasteiger partial charge in [-0.25, -0.2) is 15.6 Å². The van der Waals surface area contributed by atoms with Gasteiger partial charge in [0.15, 0.2) is 10.7 Å². The first kappa shape index (κ1) is 24.0. The Morgan fingerprint density at radius 3 is 2.81 bits per heavy atom. The summed E-state index contributed by atoms with van der Waals surface area (Å²) in [7, 11) is 0. The number of aromatic nitrogens is 2. The van der Waals surface area contributed by atoms with E-state index in [1.165, 1.54) is 10.4 Å². The highest BCUT2D eigenvalue weighted by atomic mass is 79.9. The SMILES string of the molecule is N/C(=C\N(N)CCCCCCBr)COC(=O)c1csc(C(=O)c2c[nH]c3ccccc23)n1. The summed E-state index contributed by atoms with van der Waals surface area (Å²) in [6.45, 7) is 0.557. The number of nitrogens with two attached hydrogens (primary N) is 2. The van der Waals surface area contributed by atoms with Crippen LogP contribution >= 0.6 is 27.3 Å². The summed E-state index contributed by atoms with van der Waals surface area (Å²) in [5, 5.41) is 5.04. The second kappa shape index (κ2) is 11.8. The molecule has 2 aromatic heterocycles. The average Bonchev–Trinajstić information content (AvgIpc) is 3.44. The largest absolute Gasteiger partial charge is 0.454 e. The van der Waals surface area contributed by atoms with Crippen molar-refractivity contribution >= 4 is 49.9 Å². The summed E-state index contributed by atoms with van der Waals surface area (Å²) in [6, 6.07) is 7.51. The number of H-pyrrole nitrogens is 1. The molecule has 5 N–H and O–H groups in total. The predicted octanol–water partition coefficient (Wildman–Crippen LogP) is 3.94. The number of para-hydroxylation sites is 1. The molecule has 2 heterocycles. The van der Waals surface area contributed by atoms with Crippen molar-refractivity contribution in [3.8, 4) is 0 Å². The molecule has 8 nitrogen and oxygen atoms in total. The van der Waals surface area contributed by atoms with Gasteiger partial charge in [-0.15, -0.1) is 11.3 Å². The summed E-state index contributed by atoms with van der Waals surface area (Å²) in [4.78, 5) is 32.4. The molecule has 32 heavy (non-hydrogen) atoms. The van der Waals surface area contributed by atoms with Crippen LogP contribution in [-0.2, 0) is 4.74 Å². The van der Waals surface area contributed by atoms with E-state index in [1.807, 2.05) is 24.3 Å². The molecule has 0 saturated carbocycles. The number of nitrogens with zero attached hydrogens (tertiary/aromatic N) is 2. The summed E-state index contributed by atoms with van der Waals surface area (Å²) >= 11 is 4.51. The van der Waals surface area contributed by atoms with Crippen LogP contribution in [0, 0.1) is 0 Å². The van der Waals surface area contributed by atoms with E-state index in [9.17, 15) is 9.59 Å². The molecular formula is C22H26BrN5O3S. The van der Waals surface area contributed by atoms with Gasteiger partial charge in [-0.1, -0.05) is 47.0 Å². The zero-order chi connectivity index (χ0) is 22.9. The van der Waals surface area contributed by atoms with Crippen LogP contribution in [0.1, 0.15) is 51.5 Å². The number of hydrogen-bond acceptors (Lipinski definition) is 8. The Morgan fingerprint density at radius 1 is 1.22 bits per heavy atom. The Balaban J connectivity index is 1.51. The lowest BCUT2D eigenvalue weighted by molar-refractivity contribution is 0.0531. The average molecular weight is 520 g/mol. The highest BCUT2D eigenvalue weighted by Gasteiger charge is 2.20. The number of ether oxygens (including phenoxy) is 1. The molecule has 0 amide bonds. The number of unbranched alkanes of at least 4 members (excludes halogenated alkanes) is 3. The highest BCUT2D eigenvalue weighted by Crippen LogP contribution is 2.22. The predicted molar refractivity (Wildman–Crippen MR) is 130 cm³/mol. The Labute approximate surface area is 198 Å². The summed E-state index contributed by atoms with van der Waals surface area (Å²) in [5.74, 6) is 5.01. The number of carbonyl (C=O) groups excluding carboxylic acids is 2. The molecule has 0 aliphatic carbocycles. The van der Waals surface area contributed by atoms with E-state index in [0.29, 0.717) is 17.8 Å². The fourth-order valence-corrected chi connectivity index (χ4v) is 4.26. The van der Waals surface area contributed by atoms with E-state index in [1.54, 1.807) is 12.4 Å². The molecule has 0 atom stereocenters. The Hall–Kier alpha value is -2.69. The zero-order valence-electron chi connectivity index (χ0n) is 17.6. The fraction of sp³-hybridized carbons (Fsp3) is 0.318. The molecule has 0 unspecified atom stereocenters. The third kappa shape index (κ3) is 6.41. The lowest BCUT2D eigenvalue weighted by atomic mass is 10.1. The zero-order valence-corrected chi connectivity index (χ0v) is 20.0. The van der Waals surface area contributed by atoms with Gasteiger partial charge in [-0.3, -0.25) is 4.79 Å². The number of alkyl halides is 1. The van der Waals surface area contributed by atoms with E-state index in [2.05, 4.69) is 25.9 Å². The van der Waals surface area contributed by atoms with Crippen LogP contribution < -0.4 is 11.6 Å². The van der Waals surface area contributed by atoms with Crippen LogP contribution in [0.25, 0.3) is 10.9 Å². The van der Waals surface area contributed by atoms with Gasteiger partial charge in [0, 0.05) is 40.6 Å². The van der Waals surface area contributed by atoms with Crippen LogP contribution in [0.15, 0.2) is 47.7 Å². The van der Waals surface area contributed by atoms with Gasteiger partial charge in [-0.05, 0) is 18.9 Å². The maximum atomic E-state index is 12.8. The van der Waals surface area contributed by atoms with E-state index >= 15 is 0 Å². The molecule has 1 aromatic carbocycles. The van der Waals surface area contributed by atoms with E-state index in [0.717, 1.165) is 53.3 Å². The van der Waals surface area contributed by atoms with Gasteiger partial charge in [0.05, 0.1) is 11.3 Å². The van der Waals surface area contributed by atoms with Crippen LogP contribution in [0.2, 0.25) is 0 Å². The van der Waals surface area contributed by atoms with Crippen molar-refractivity contribution in [3.05, 3.63) is 64.0 Å². The number of esters is 1. The molecule has 0 fully saturated rings. The van der Waals surface area contributed by atoms with Gasteiger partial charge < -0.3 is 20.5 Å². The van der Waals surface area contributed by atoms with Crippen molar-refractivity contribution in [1.29, 1.82) is 0 Å². The van der Waals surface area contributed by atoms with Crippen molar-refractivity contribution < 1.29 is 14.3 Å². The number of rotatable bonds is 12. The summed E-state index contributed by atoms with van der Waals surface area (Å²) in [6.07, 6.45) is 7.55. The third-order valence-electron chi connectivity index (χ3n) is 4.74. The number of hydrazine groups is 1. The number of nitrogens with one attached hydrogen (secondary N) is 1. The van der Waals surface area contributed by atoms with E-state index < -0.39 is 5.97 Å². The number of halogens is 1. The Morgan fingerprint density at radius 2 is 2.00 bits per heavy atom. The van der Waals surface area contributed by atoms with Crippen LogP contribution in [0.4, 0.5) is 0 Å². The number of thiazole rings is 1. The summed E-state index contributed by atoms with van der Waals surface area (Å²) < 4.78 is 5.21. The van der Waals surface area contributed by atoms with Crippen LogP contribution in [0.3, 0.4) is 0 Å². The van der Waals surface area contributed by atoms with Gasteiger partial charge in [0.25, 0.3) is 0 Å². The second-order valence-corrected chi connectivity index (χ2v) is 8.89. The van der Waals surface area contributed by atoms with Gasteiger partial charge >= 0.3 is 5.97 Å². The molecule has 0 radical (unpaired) electrons. The van der Waals surface area contributed by atoms with E-state index in [-0.39, 0.29) is 23.1 Å². The van der Waals surface area contributed by atoms with Gasteiger partial charge in [0.1, 0.15) is 6.61 Å². The topological polar surface area (TPSA) is 127 Å². The minimum absolute atomic E-state index is 0.0717. The maximum absolute atomic E-state index is 12.8. The quantitative estimate of drug-likeness (QED) is 0.0824. The number of hydrogen-bond donors (Lipinski definition) is 3. The van der Waals surface area contributed by atoms with Gasteiger partial charge in [0.2, 0.25) is 5.78 Å². The molecule has 0 spiro atoms. The highest BCUT2D eigenvalue weighted by molar-refractivity contribution is 9.09. The lowest BCUT2D eigenvalue weighted by Gasteiger charge is -2.14. The number of aromatic amines is 1.